The van der Waals surface area contributed by atoms with Gasteiger partial charge in [-0.05, 0) is 43.3 Å². The molecule has 25 heavy (non-hydrogen) atoms. The second-order valence-corrected chi connectivity index (χ2v) is 5.96. The number of para-hydroxylation sites is 1. The number of nitrogens with one attached hydrogen (secondary N) is 1. The summed E-state index contributed by atoms with van der Waals surface area (Å²) in [5, 5.41) is 0.504. The molecule has 3 rings (SSSR count). The highest BCUT2D eigenvalue weighted by Crippen LogP contribution is 2.18. The number of rotatable bonds is 4. The molecule has 0 saturated carbocycles. The van der Waals surface area contributed by atoms with E-state index in [0.717, 1.165) is 5.69 Å². The zero-order valence-electron chi connectivity index (χ0n) is 14.3. The van der Waals surface area contributed by atoms with Gasteiger partial charge in [0.2, 0.25) is 0 Å². The van der Waals surface area contributed by atoms with Crippen molar-refractivity contribution in [2.24, 2.45) is 0 Å². The second-order valence-electron chi connectivity index (χ2n) is 5.96. The number of nitrogens with zero attached hydrogens (tertiary/aromatic N) is 2. The van der Waals surface area contributed by atoms with Crippen LogP contribution in [-0.2, 0) is 4.74 Å². The molecule has 1 aromatic heterocycles. The molecule has 0 unspecified atom stereocenters. The first-order valence-corrected chi connectivity index (χ1v) is 7.93. The normalized spacial score (nSPS) is 12.0. The van der Waals surface area contributed by atoms with Crippen molar-refractivity contribution < 1.29 is 9.53 Å². The van der Waals surface area contributed by atoms with E-state index in [9.17, 15) is 9.59 Å². The smallest absolute Gasteiger partial charge is 0.338 e. The summed E-state index contributed by atoms with van der Waals surface area (Å²) in [5.74, 6) is -0.143. The molecule has 0 radical (unpaired) electrons. The van der Waals surface area contributed by atoms with Gasteiger partial charge in [0.15, 0.2) is 11.9 Å². The van der Waals surface area contributed by atoms with Crippen LogP contribution in [0.5, 0.6) is 0 Å². The fourth-order valence-corrected chi connectivity index (χ4v) is 2.48. The Morgan fingerprint density at radius 3 is 2.48 bits per heavy atom. The number of aromatic amines is 1. The van der Waals surface area contributed by atoms with E-state index in [1.165, 1.54) is 0 Å². The Hall–Kier alpha value is -3.15. The minimum Gasteiger partial charge on any atom is -0.451 e. The highest BCUT2D eigenvalue weighted by atomic mass is 16.5. The molecule has 0 amide bonds. The quantitative estimate of drug-likeness (QED) is 0.741. The van der Waals surface area contributed by atoms with Crippen LogP contribution >= 0.6 is 0 Å². The molecule has 6 heteroatoms. The third-order valence-corrected chi connectivity index (χ3v) is 3.92. The van der Waals surface area contributed by atoms with Crippen LogP contribution < -0.4 is 10.5 Å². The topological polar surface area (TPSA) is 75.3 Å². The lowest BCUT2D eigenvalue weighted by molar-refractivity contribution is 0.0320. The number of carbonyl (C=O) groups is 1. The van der Waals surface area contributed by atoms with Gasteiger partial charge in [-0.3, -0.25) is 4.79 Å². The Balaban J connectivity index is 1.80. The lowest BCUT2D eigenvalue weighted by Gasteiger charge is -2.15. The molecule has 0 aliphatic rings. The average molecular weight is 337 g/mol. The van der Waals surface area contributed by atoms with Crippen LogP contribution in [-0.4, -0.2) is 30.0 Å². The van der Waals surface area contributed by atoms with Crippen molar-refractivity contribution in [2.45, 2.75) is 13.0 Å². The lowest BCUT2D eigenvalue weighted by Crippen LogP contribution is -2.17. The van der Waals surface area contributed by atoms with E-state index < -0.39 is 12.1 Å². The first-order valence-electron chi connectivity index (χ1n) is 7.93. The lowest BCUT2D eigenvalue weighted by atomic mass is 10.2. The van der Waals surface area contributed by atoms with E-state index in [1.807, 2.05) is 37.2 Å². The Kier molecular flexibility index (Phi) is 4.52. The number of aromatic nitrogens is 2. The molecule has 3 aromatic rings. The number of H-pyrrole nitrogens is 1. The van der Waals surface area contributed by atoms with Crippen LogP contribution in [0.2, 0.25) is 0 Å². The van der Waals surface area contributed by atoms with Crippen molar-refractivity contribution in [1.82, 2.24) is 9.97 Å². The van der Waals surface area contributed by atoms with Crippen molar-refractivity contribution in [1.29, 1.82) is 0 Å². The van der Waals surface area contributed by atoms with Gasteiger partial charge in [0.25, 0.3) is 5.56 Å². The van der Waals surface area contributed by atoms with Crippen molar-refractivity contribution in [2.75, 3.05) is 19.0 Å². The number of hydrogen-bond donors (Lipinski definition) is 1. The number of hydrogen-bond acceptors (Lipinski definition) is 5. The average Bonchev–Trinajstić information content (AvgIpc) is 2.61. The van der Waals surface area contributed by atoms with E-state index in [1.54, 1.807) is 37.3 Å². The van der Waals surface area contributed by atoms with Crippen LogP contribution in [0.1, 0.15) is 29.2 Å². The zero-order valence-corrected chi connectivity index (χ0v) is 14.3. The summed E-state index contributed by atoms with van der Waals surface area (Å²) in [6.45, 7) is 1.68. The molecule has 6 nitrogen and oxygen atoms in total. The van der Waals surface area contributed by atoms with Gasteiger partial charge in [-0.1, -0.05) is 12.1 Å². The van der Waals surface area contributed by atoms with Gasteiger partial charge >= 0.3 is 5.97 Å². The van der Waals surface area contributed by atoms with Crippen molar-refractivity contribution >= 4 is 22.6 Å². The molecule has 1 heterocycles. The Labute approximate surface area is 145 Å². The second kappa shape index (κ2) is 6.76. The van der Waals surface area contributed by atoms with Crippen molar-refractivity contribution in [3.63, 3.8) is 0 Å². The standard InChI is InChI=1S/C19H19N3O3/c1-12(17-20-16-7-5-4-6-15(16)18(23)21-17)25-19(24)13-8-10-14(11-9-13)22(2)3/h4-12H,1-3H3,(H,20,21,23)/t12-/m1/s1. The van der Waals surface area contributed by atoms with Crippen LogP contribution in [0, 0.1) is 0 Å². The van der Waals surface area contributed by atoms with Crippen LogP contribution in [0.15, 0.2) is 53.3 Å². The van der Waals surface area contributed by atoms with Crippen LogP contribution in [0.25, 0.3) is 10.9 Å². The monoisotopic (exact) mass is 337 g/mol. The molecule has 1 atom stereocenters. The first-order chi connectivity index (χ1) is 12.0. The molecule has 0 saturated heterocycles. The van der Waals surface area contributed by atoms with Gasteiger partial charge in [0.1, 0.15) is 0 Å². The Bertz CT molecular complexity index is 962. The predicted molar refractivity (Wildman–Crippen MR) is 97.0 cm³/mol. The molecular weight excluding hydrogens is 318 g/mol. The summed E-state index contributed by atoms with van der Waals surface area (Å²) in [4.78, 5) is 33.4. The number of ether oxygens (including phenoxy) is 1. The predicted octanol–water partition coefficient (Wildman–Crippen LogP) is 2.91. The van der Waals surface area contributed by atoms with Gasteiger partial charge in [-0.15, -0.1) is 0 Å². The molecular formula is C19H19N3O3. The maximum Gasteiger partial charge on any atom is 0.338 e. The van der Waals surface area contributed by atoms with E-state index in [-0.39, 0.29) is 5.56 Å². The zero-order chi connectivity index (χ0) is 18.0. The summed E-state index contributed by atoms with van der Waals surface area (Å²) in [6, 6.07) is 14.1. The van der Waals surface area contributed by atoms with Crippen molar-refractivity contribution in [3.05, 3.63) is 70.3 Å². The molecule has 2 aromatic carbocycles. The van der Waals surface area contributed by atoms with E-state index in [2.05, 4.69) is 9.97 Å². The minimum atomic E-state index is -0.668. The van der Waals surface area contributed by atoms with E-state index in [0.29, 0.717) is 22.3 Å². The van der Waals surface area contributed by atoms with E-state index in [4.69, 9.17) is 4.74 Å². The molecule has 1 N–H and O–H groups in total. The highest BCUT2D eigenvalue weighted by Gasteiger charge is 2.17. The van der Waals surface area contributed by atoms with E-state index >= 15 is 0 Å². The highest BCUT2D eigenvalue weighted by molar-refractivity contribution is 5.90. The molecule has 0 aliphatic heterocycles. The molecule has 0 bridgehead atoms. The molecule has 0 spiro atoms. The van der Waals surface area contributed by atoms with Crippen LogP contribution in [0.3, 0.4) is 0 Å². The van der Waals surface area contributed by atoms with Crippen molar-refractivity contribution in [3.8, 4) is 0 Å². The Morgan fingerprint density at radius 2 is 1.80 bits per heavy atom. The third kappa shape index (κ3) is 3.52. The number of benzene rings is 2. The summed E-state index contributed by atoms with van der Waals surface area (Å²) < 4.78 is 5.44. The summed E-state index contributed by atoms with van der Waals surface area (Å²) in [7, 11) is 3.86. The van der Waals surface area contributed by atoms with Crippen LogP contribution in [0.4, 0.5) is 5.69 Å². The third-order valence-electron chi connectivity index (χ3n) is 3.92. The Morgan fingerprint density at radius 1 is 1.12 bits per heavy atom. The minimum absolute atomic E-state index is 0.251. The maximum absolute atomic E-state index is 12.3. The van der Waals surface area contributed by atoms with Gasteiger partial charge in [0.05, 0.1) is 16.5 Å². The molecule has 0 fully saturated rings. The van der Waals surface area contributed by atoms with Gasteiger partial charge in [-0.25, -0.2) is 9.78 Å². The molecule has 0 aliphatic carbocycles. The largest absolute Gasteiger partial charge is 0.451 e. The fourth-order valence-electron chi connectivity index (χ4n) is 2.48. The van der Waals surface area contributed by atoms with Gasteiger partial charge < -0.3 is 14.6 Å². The number of esters is 1. The summed E-state index contributed by atoms with van der Waals surface area (Å²) in [5.41, 5.74) is 1.75. The summed E-state index contributed by atoms with van der Waals surface area (Å²) in [6.07, 6.45) is -0.668. The number of carbonyl (C=O) groups excluding carboxylic acids is 1. The number of anilines is 1. The fraction of sp³-hybridized carbons (Fsp3) is 0.211. The first kappa shape index (κ1) is 16.7. The summed E-state index contributed by atoms with van der Waals surface area (Å²) >= 11 is 0. The molecule has 128 valence electrons. The van der Waals surface area contributed by atoms with Gasteiger partial charge in [-0.2, -0.15) is 0 Å². The maximum atomic E-state index is 12.3. The SMILES string of the molecule is C[C@@H](OC(=O)c1ccc(N(C)C)cc1)c1nc2ccccc2c(=O)[nH]1. The number of fused-ring (bicyclic) bond motifs is 1. The van der Waals surface area contributed by atoms with Gasteiger partial charge in [0, 0.05) is 19.8 Å².